The Morgan fingerprint density at radius 3 is 2.53 bits per heavy atom. The van der Waals surface area contributed by atoms with Crippen LogP contribution in [0.3, 0.4) is 0 Å². The van der Waals surface area contributed by atoms with Crippen LogP contribution >= 0.6 is 0 Å². The molecule has 0 fully saturated rings. The maximum atomic E-state index is 10.8. The average molecular weight is 202 g/mol. The highest BCUT2D eigenvalue weighted by Crippen LogP contribution is 2.11. The summed E-state index contributed by atoms with van der Waals surface area (Å²) in [6, 6.07) is 6.95. The standard InChI is InChI=1S/C12H14N2O/c1-3-10(4-2)14-11-7-5-9(6-8-11)12(13)15/h1,5-8,10,14H,4H2,2H3,(H2,13,15). The summed E-state index contributed by atoms with van der Waals surface area (Å²) in [5.74, 6) is 2.21. The van der Waals surface area contributed by atoms with Crippen LogP contribution in [-0.2, 0) is 0 Å². The number of benzene rings is 1. The number of nitrogens with two attached hydrogens (primary N) is 1. The van der Waals surface area contributed by atoms with Gasteiger partial charge in [0.15, 0.2) is 0 Å². The lowest BCUT2D eigenvalue weighted by Crippen LogP contribution is -2.16. The molecule has 0 aromatic heterocycles. The minimum Gasteiger partial charge on any atom is -0.372 e. The van der Waals surface area contributed by atoms with Gasteiger partial charge in [0.2, 0.25) is 5.91 Å². The quantitative estimate of drug-likeness (QED) is 0.729. The molecule has 0 saturated heterocycles. The van der Waals surface area contributed by atoms with Crippen molar-refractivity contribution in [1.82, 2.24) is 0 Å². The second-order valence-electron chi connectivity index (χ2n) is 3.21. The summed E-state index contributed by atoms with van der Waals surface area (Å²) in [5.41, 5.74) is 6.51. The fourth-order valence-electron chi connectivity index (χ4n) is 1.19. The molecule has 3 N–H and O–H groups in total. The van der Waals surface area contributed by atoms with E-state index in [-0.39, 0.29) is 6.04 Å². The SMILES string of the molecule is C#CC(CC)Nc1ccc(C(N)=O)cc1. The molecule has 1 atom stereocenters. The summed E-state index contributed by atoms with van der Waals surface area (Å²) in [4.78, 5) is 10.8. The molecular formula is C12H14N2O. The predicted octanol–water partition coefficient (Wildman–Crippen LogP) is 1.61. The first-order valence-corrected chi connectivity index (χ1v) is 4.80. The maximum absolute atomic E-state index is 10.8. The van der Waals surface area contributed by atoms with E-state index in [2.05, 4.69) is 11.2 Å². The Bertz CT molecular complexity index is 376. The number of hydrogen-bond acceptors (Lipinski definition) is 2. The largest absolute Gasteiger partial charge is 0.372 e. The highest BCUT2D eigenvalue weighted by atomic mass is 16.1. The number of anilines is 1. The molecule has 0 saturated carbocycles. The second kappa shape index (κ2) is 5.06. The van der Waals surface area contributed by atoms with Crippen molar-refractivity contribution in [1.29, 1.82) is 0 Å². The van der Waals surface area contributed by atoms with Gasteiger partial charge in [-0.15, -0.1) is 6.42 Å². The van der Waals surface area contributed by atoms with Gasteiger partial charge in [0, 0.05) is 11.3 Å². The summed E-state index contributed by atoms with van der Waals surface area (Å²) in [6.45, 7) is 2.01. The second-order valence-corrected chi connectivity index (χ2v) is 3.21. The fraction of sp³-hybridized carbons (Fsp3) is 0.250. The molecule has 0 aliphatic heterocycles. The van der Waals surface area contributed by atoms with Gasteiger partial charge < -0.3 is 11.1 Å². The molecule has 0 radical (unpaired) electrons. The molecule has 15 heavy (non-hydrogen) atoms. The Morgan fingerprint density at radius 1 is 1.53 bits per heavy atom. The van der Waals surface area contributed by atoms with Crippen LogP contribution in [-0.4, -0.2) is 11.9 Å². The minimum atomic E-state index is -0.425. The van der Waals surface area contributed by atoms with Crippen LogP contribution in [0.2, 0.25) is 0 Å². The van der Waals surface area contributed by atoms with E-state index < -0.39 is 5.91 Å². The van der Waals surface area contributed by atoms with E-state index in [1.807, 2.05) is 6.92 Å². The number of hydrogen-bond donors (Lipinski definition) is 2. The zero-order chi connectivity index (χ0) is 11.3. The lowest BCUT2D eigenvalue weighted by molar-refractivity contribution is 0.100. The fourth-order valence-corrected chi connectivity index (χ4v) is 1.19. The van der Waals surface area contributed by atoms with Gasteiger partial charge in [0.1, 0.15) is 0 Å². The first-order chi connectivity index (χ1) is 7.17. The van der Waals surface area contributed by atoms with E-state index >= 15 is 0 Å². The molecule has 0 spiro atoms. The third-order valence-electron chi connectivity index (χ3n) is 2.12. The summed E-state index contributed by atoms with van der Waals surface area (Å²) >= 11 is 0. The van der Waals surface area contributed by atoms with E-state index in [0.717, 1.165) is 12.1 Å². The third-order valence-corrected chi connectivity index (χ3v) is 2.12. The molecule has 0 aliphatic carbocycles. The maximum Gasteiger partial charge on any atom is 0.248 e. The first-order valence-electron chi connectivity index (χ1n) is 4.80. The van der Waals surface area contributed by atoms with E-state index in [1.165, 1.54) is 0 Å². The lowest BCUT2D eigenvalue weighted by Gasteiger charge is -2.11. The Kier molecular flexibility index (Phi) is 3.75. The Labute approximate surface area is 89.7 Å². The van der Waals surface area contributed by atoms with Gasteiger partial charge >= 0.3 is 0 Å². The number of amides is 1. The highest BCUT2D eigenvalue weighted by Gasteiger charge is 2.02. The molecule has 0 aliphatic rings. The van der Waals surface area contributed by atoms with Crippen LogP contribution in [0.25, 0.3) is 0 Å². The summed E-state index contributed by atoms with van der Waals surface area (Å²) < 4.78 is 0. The number of terminal acetylenes is 1. The molecular weight excluding hydrogens is 188 g/mol. The van der Waals surface area contributed by atoms with Gasteiger partial charge in [-0.1, -0.05) is 12.8 Å². The molecule has 78 valence electrons. The zero-order valence-corrected chi connectivity index (χ0v) is 8.66. The van der Waals surface area contributed by atoms with Crippen molar-refractivity contribution >= 4 is 11.6 Å². The summed E-state index contributed by atoms with van der Waals surface area (Å²) in [5, 5.41) is 3.16. The minimum absolute atomic E-state index is 0.0180. The molecule has 3 heteroatoms. The average Bonchev–Trinajstić information content (AvgIpc) is 2.26. The van der Waals surface area contributed by atoms with Crippen molar-refractivity contribution in [3.8, 4) is 12.3 Å². The smallest absolute Gasteiger partial charge is 0.248 e. The Hall–Kier alpha value is -1.95. The zero-order valence-electron chi connectivity index (χ0n) is 8.66. The molecule has 1 aromatic carbocycles. The van der Waals surface area contributed by atoms with Gasteiger partial charge in [-0.25, -0.2) is 0 Å². The van der Waals surface area contributed by atoms with Gasteiger partial charge in [-0.05, 0) is 30.7 Å². The molecule has 1 rings (SSSR count). The van der Waals surface area contributed by atoms with Crippen LogP contribution < -0.4 is 11.1 Å². The van der Waals surface area contributed by atoms with Crippen molar-refractivity contribution in [3.05, 3.63) is 29.8 Å². The van der Waals surface area contributed by atoms with Crippen LogP contribution in [0.1, 0.15) is 23.7 Å². The number of nitrogens with one attached hydrogen (secondary N) is 1. The van der Waals surface area contributed by atoms with Crippen LogP contribution in [0.5, 0.6) is 0 Å². The topological polar surface area (TPSA) is 55.1 Å². The normalized spacial score (nSPS) is 11.5. The lowest BCUT2D eigenvalue weighted by atomic mass is 10.1. The molecule has 0 bridgehead atoms. The molecule has 3 nitrogen and oxygen atoms in total. The number of carbonyl (C=O) groups excluding carboxylic acids is 1. The molecule has 1 aromatic rings. The predicted molar refractivity (Wildman–Crippen MR) is 61.5 cm³/mol. The third kappa shape index (κ3) is 3.03. The van der Waals surface area contributed by atoms with Crippen molar-refractivity contribution in [2.45, 2.75) is 19.4 Å². The van der Waals surface area contributed by atoms with E-state index in [4.69, 9.17) is 12.2 Å². The van der Waals surface area contributed by atoms with Crippen molar-refractivity contribution < 1.29 is 4.79 Å². The monoisotopic (exact) mass is 202 g/mol. The van der Waals surface area contributed by atoms with E-state index in [0.29, 0.717) is 5.56 Å². The number of primary amides is 1. The van der Waals surface area contributed by atoms with Crippen molar-refractivity contribution in [2.24, 2.45) is 5.73 Å². The summed E-state index contributed by atoms with van der Waals surface area (Å²) in [7, 11) is 0. The van der Waals surface area contributed by atoms with Crippen LogP contribution in [0.4, 0.5) is 5.69 Å². The Morgan fingerprint density at radius 2 is 2.13 bits per heavy atom. The van der Waals surface area contributed by atoms with Gasteiger partial charge in [0.05, 0.1) is 6.04 Å². The van der Waals surface area contributed by atoms with Gasteiger partial charge in [0.25, 0.3) is 0 Å². The van der Waals surface area contributed by atoms with Gasteiger partial charge in [-0.2, -0.15) is 0 Å². The molecule has 0 heterocycles. The van der Waals surface area contributed by atoms with E-state index in [1.54, 1.807) is 24.3 Å². The summed E-state index contributed by atoms with van der Waals surface area (Å²) in [6.07, 6.45) is 6.18. The van der Waals surface area contributed by atoms with Crippen molar-refractivity contribution in [3.63, 3.8) is 0 Å². The van der Waals surface area contributed by atoms with Crippen LogP contribution in [0.15, 0.2) is 24.3 Å². The Balaban J connectivity index is 2.73. The van der Waals surface area contributed by atoms with Gasteiger partial charge in [-0.3, -0.25) is 4.79 Å². The molecule has 1 amide bonds. The number of rotatable bonds is 4. The first kappa shape index (κ1) is 11.1. The highest BCUT2D eigenvalue weighted by molar-refractivity contribution is 5.93. The van der Waals surface area contributed by atoms with Crippen LogP contribution in [0, 0.1) is 12.3 Å². The molecule has 1 unspecified atom stereocenters. The van der Waals surface area contributed by atoms with E-state index in [9.17, 15) is 4.79 Å². The van der Waals surface area contributed by atoms with Crippen molar-refractivity contribution in [2.75, 3.05) is 5.32 Å². The number of carbonyl (C=O) groups is 1.